The molecule has 0 aliphatic carbocycles. The zero-order valence-corrected chi connectivity index (χ0v) is 11.8. The molecule has 1 amide bonds. The first-order valence-electron chi connectivity index (χ1n) is 6.38. The number of amides is 1. The second-order valence-electron chi connectivity index (χ2n) is 4.76. The highest BCUT2D eigenvalue weighted by Gasteiger charge is 2.25. The highest BCUT2D eigenvalue weighted by Crippen LogP contribution is 2.19. The Kier molecular flexibility index (Phi) is 6.04. The maximum Gasteiger partial charge on any atom is 0.237 e. The summed E-state index contributed by atoms with van der Waals surface area (Å²) in [5, 5.41) is 5.93. The van der Waals surface area contributed by atoms with Crippen LogP contribution in [0.15, 0.2) is 0 Å². The van der Waals surface area contributed by atoms with Gasteiger partial charge in [0.15, 0.2) is 0 Å². The minimum Gasteiger partial charge on any atom is -0.353 e. The zero-order valence-electron chi connectivity index (χ0n) is 11.0. The molecule has 6 nitrogen and oxygen atoms in total. The Morgan fingerprint density at radius 3 is 2.72 bits per heavy atom. The predicted octanol–water partition coefficient (Wildman–Crippen LogP) is -0.570. The molecule has 2 unspecified atom stereocenters. The van der Waals surface area contributed by atoms with Gasteiger partial charge in [0.05, 0.1) is 12.3 Å². The normalized spacial score (nSPS) is 24.8. The Bertz CT molecular complexity index is 370. The minimum absolute atomic E-state index is 0.0385. The Morgan fingerprint density at radius 1 is 1.39 bits per heavy atom. The van der Waals surface area contributed by atoms with Gasteiger partial charge in [0.2, 0.25) is 15.9 Å². The Hall–Kier alpha value is -0.660. The second-order valence-corrected chi connectivity index (χ2v) is 6.60. The summed E-state index contributed by atoms with van der Waals surface area (Å²) >= 11 is 0. The average Bonchev–Trinajstić information content (AvgIpc) is 2.33. The molecule has 106 valence electrons. The number of hydrogen-bond acceptors (Lipinski definition) is 4. The summed E-state index contributed by atoms with van der Waals surface area (Å²) in [6.07, 6.45) is 4.18. The highest BCUT2D eigenvalue weighted by molar-refractivity contribution is 7.88. The van der Waals surface area contributed by atoms with Crippen LogP contribution in [0.25, 0.3) is 0 Å². The summed E-state index contributed by atoms with van der Waals surface area (Å²) in [5.74, 6) is 0.569. The molecule has 1 aliphatic rings. The molecule has 18 heavy (non-hydrogen) atoms. The van der Waals surface area contributed by atoms with E-state index >= 15 is 0 Å². The van der Waals surface area contributed by atoms with Crippen LogP contribution >= 0.6 is 0 Å². The molecule has 0 spiro atoms. The molecule has 0 bridgehead atoms. The SMILES string of the molecule is CCC1CCNC(C(=O)NCCNS(C)(=O)=O)C1. The lowest BCUT2D eigenvalue weighted by Gasteiger charge is -2.28. The quantitative estimate of drug-likeness (QED) is 0.567. The second kappa shape index (κ2) is 7.06. The van der Waals surface area contributed by atoms with Crippen molar-refractivity contribution in [2.45, 2.75) is 32.2 Å². The van der Waals surface area contributed by atoms with Crippen molar-refractivity contribution in [1.82, 2.24) is 15.4 Å². The molecule has 1 aliphatic heterocycles. The van der Waals surface area contributed by atoms with Gasteiger partial charge in [-0.25, -0.2) is 13.1 Å². The standard InChI is InChI=1S/C11H23N3O3S/c1-3-9-4-5-12-10(8-9)11(15)13-6-7-14-18(2,16)17/h9-10,12,14H,3-8H2,1-2H3,(H,13,15). The molecule has 2 atom stereocenters. The van der Waals surface area contributed by atoms with Crippen LogP contribution in [0.4, 0.5) is 0 Å². The summed E-state index contributed by atoms with van der Waals surface area (Å²) in [4.78, 5) is 11.8. The van der Waals surface area contributed by atoms with Gasteiger partial charge in [0.25, 0.3) is 0 Å². The first kappa shape index (κ1) is 15.4. The Labute approximate surface area is 109 Å². The van der Waals surface area contributed by atoms with Crippen molar-refractivity contribution >= 4 is 15.9 Å². The molecule has 1 rings (SSSR count). The van der Waals surface area contributed by atoms with Crippen LogP contribution in [-0.2, 0) is 14.8 Å². The number of piperidine rings is 1. The van der Waals surface area contributed by atoms with E-state index in [2.05, 4.69) is 22.3 Å². The lowest BCUT2D eigenvalue weighted by Crippen LogP contribution is -2.49. The summed E-state index contributed by atoms with van der Waals surface area (Å²) < 4.78 is 24.0. The summed E-state index contributed by atoms with van der Waals surface area (Å²) in [6.45, 7) is 3.56. The summed E-state index contributed by atoms with van der Waals surface area (Å²) in [6, 6.07) is -0.137. The van der Waals surface area contributed by atoms with Crippen LogP contribution in [0.3, 0.4) is 0 Å². The number of carbonyl (C=O) groups excluding carboxylic acids is 1. The summed E-state index contributed by atoms with van der Waals surface area (Å²) in [5.41, 5.74) is 0. The highest BCUT2D eigenvalue weighted by atomic mass is 32.2. The molecule has 0 radical (unpaired) electrons. The summed E-state index contributed by atoms with van der Waals surface area (Å²) in [7, 11) is -3.18. The van der Waals surface area contributed by atoms with Crippen LogP contribution in [0, 0.1) is 5.92 Å². The fourth-order valence-corrected chi connectivity index (χ4v) is 2.58. The van der Waals surface area contributed by atoms with Gasteiger partial charge >= 0.3 is 0 Å². The van der Waals surface area contributed by atoms with Gasteiger partial charge < -0.3 is 10.6 Å². The molecule has 0 aromatic carbocycles. The monoisotopic (exact) mass is 277 g/mol. The molecule has 0 saturated carbocycles. The fourth-order valence-electron chi connectivity index (χ4n) is 2.11. The first-order chi connectivity index (χ1) is 8.42. The third-order valence-electron chi connectivity index (χ3n) is 3.19. The van der Waals surface area contributed by atoms with Gasteiger partial charge in [-0.3, -0.25) is 4.79 Å². The van der Waals surface area contributed by atoms with Crippen LogP contribution < -0.4 is 15.4 Å². The van der Waals surface area contributed by atoms with E-state index in [1.807, 2.05) is 0 Å². The van der Waals surface area contributed by atoms with E-state index in [1.165, 1.54) is 0 Å². The van der Waals surface area contributed by atoms with Crippen molar-refractivity contribution in [3.05, 3.63) is 0 Å². The van der Waals surface area contributed by atoms with E-state index in [0.29, 0.717) is 12.5 Å². The lowest BCUT2D eigenvalue weighted by molar-refractivity contribution is -0.124. The molecule has 7 heteroatoms. The van der Waals surface area contributed by atoms with E-state index in [4.69, 9.17) is 0 Å². The van der Waals surface area contributed by atoms with Crippen LogP contribution in [-0.4, -0.2) is 46.3 Å². The van der Waals surface area contributed by atoms with Crippen molar-refractivity contribution in [1.29, 1.82) is 0 Å². The van der Waals surface area contributed by atoms with Gasteiger partial charge in [-0.1, -0.05) is 13.3 Å². The van der Waals surface area contributed by atoms with E-state index < -0.39 is 10.0 Å². The number of rotatable bonds is 6. The number of carbonyl (C=O) groups is 1. The van der Waals surface area contributed by atoms with Crippen molar-refractivity contribution in [3.8, 4) is 0 Å². The Balaban J connectivity index is 2.24. The van der Waals surface area contributed by atoms with Crippen molar-refractivity contribution in [3.63, 3.8) is 0 Å². The van der Waals surface area contributed by atoms with E-state index in [0.717, 1.165) is 32.1 Å². The molecule has 1 saturated heterocycles. The number of nitrogens with one attached hydrogen (secondary N) is 3. The van der Waals surface area contributed by atoms with Crippen molar-refractivity contribution < 1.29 is 13.2 Å². The molecular weight excluding hydrogens is 254 g/mol. The van der Waals surface area contributed by atoms with Gasteiger partial charge in [0, 0.05) is 13.1 Å². The van der Waals surface area contributed by atoms with Gasteiger partial charge in [0.1, 0.15) is 0 Å². The van der Waals surface area contributed by atoms with Crippen LogP contribution in [0.1, 0.15) is 26.2 Å². The zero-order chi connectivity index (χ0) is 13.6. The first-order valence-corrected chi connectivity index (χ1v) is 8.27. The average molecular weight is 277 g/mol. The predicted molar refractivity (Wildman–Crippen MR) is 70.7 cm³/mol. The van der Waals surface area contributed by atoms with Crippen molar-refractivity contribution in [2.75, 3.05) is 25.9 Å². The maximum absolute atomic E-state index is 11.8. The van der Waals surface area contributed by atoms with Crippen LogP contribution in [0.2, 0.25) is 0 Å². The topological polar surface area (TPSA) is 87.3 Å². The molecule has 3 N–H and O–H groups in total. The largest absolute Gasteiger partial charge is 0.353 e. The molecular formula is C11H23N3O3S. The third kappa shape index (κ3) is 5.79. The Morgan fingerprint density at radius 2 is 2.11 bits per heavy atom. The molecule has 0 aromatic rings. The maximum atomic E-state index is 11.8. The van der Waals surface area contributed by atoms with Gasteiger partial charge in [-0.05, 0) is 25.3 Å². The van der Waals surface area contributed by atoms with E-state index in [-0.39, 0.29) is 18.5 Å². The third-order valence-corrected chi connectivity index (χ3v) is 3.92. The number of hydrogen-bond donors (Lipinski definition) is 3. The lowest BCUT2D eigenvalue weighted by atomic mass is 9.90. The minimum atomic E-state index is -3.18. The fraction of sp³-hybridized carbons (Fsp3) is 0.909. The van der Waals surface area contributed by atoms with Crippen LogP contribution in [0.5, 0.6) is 0 Å². The molecule has 1 fully saturated rings. The molecule has 1 heterocycles. The number of sulfonamides is 1. The van der Waals surface area contributed by atoms with Gasteiger partial charge in [-0.2, -0.15) is 0 Å². The van der Waals surface area contributed by atoms with E-state index in [1.54, 1.807) is 0 Å². The van der Waals surface area contributed by atoms with E-state index in [9.17, 15) is 13.2 Å². The van der Waals surface area contributed by atoms with Gasteiger partial charge in [-0.15, -0.1) is 0 Å². The molecule has 0 aromatic heterocycles. The smallest absolute Gasteiger partial charge is 0.237 e. The van der Waals surface area contributed by atoms with Crippen molar-refractivity contribution in [2.24, 2.45) is 5.92 Å².